The minimum atomic E-state index is 0. The number of nitrogens with one attached hydrogen (secondary N) is 2. The van der Waals surface area contributed by atoms with Crippen LogP contribution in [0.15, 0.2) is 11.2 Å². The number of thiazole rings is 1. The molecule has 2 N–H and O–H groups in total. The maximum Gasteiger partial charge on any atom is 0.191 e. The first-order chi connectivity index (χ1) is 12.1. The van der Waals surface area contributed by atoms with Gasteiger partial charge in [0.2, 0.25) is 0 Å². The Kier molecular flexibility index (Phi) is 11.7. The Morgan fingerprint density at radius 3 is 2.65 bits per heavy atom. The molecule has 1 fully saturated rings. The Labute approximate surface area is 179 Å². The van der Waals surface area contributed by atoms with Gasteiger partial charge in [0.1, 0.15) is 0 Å². The standard InChI is InChI=1S/C18H33N5OS.HI/c1-5-15-12-21-17(25-15)6-7-20-18(19-4)22-13-16(14(2)3)23-8-10-24-11-9-23;/h12,14,16H,5-11,13H2,1-4H3,(H2,19,20,22);1H. The third-order valence-corrected chi connectivity index (χ3v) is 5.77. The van der Waals surface area contributed by atoms with E-state index >= 15 is 0 Å². The fraction of sp³-hybridized carbons (Fsp3) is 0.778. The normalized spacial score (nSPS) is 17.0. The van der Waals surface area contributed by atoms with Gasteiger partial charge in [-0.3, -0.25) is 9.89 Å². The molecule has 6 nitrogen and oxygen atoms in total. The van der Waals surface area contributed by atoms with Gasteiger partial charge in [0.05, 0.1) is 18.2 Å². The van der Waals surface area contributed by atoms with Gasteiger partial charge in [0.25, 0.3) is 0 Å². The molecule has 0 radical (unpaired) electrons. The number of aliphatic imine (C=N–C) groups is 1. The van der Waals surface area contributed by atoms with Crippen molar-refractivity contribution in [1.29, 1.82) is 0 Å². The lowest BCUT2D eigenvalue weighted by Gasteiger charge is -2.37. The van der Waals surface area contributed by atoms with Crippen LogP contribution in [0.2, 0.25) is 0 Å². The number of hydrogen-bond donors (Lipinski definition) is 2. The van der Waals surface area contributed by atoms with E-state index in [-0.39, 0.29) is 24.0 Å². The summed E-state index contributed by atoms with van der Waals surface area (Å²) >= 11 is 1.80. The van der Waals surface area contributed by atoms with Crippen molar-refractivity contribution >= 4 is 41.3 Å². The van der Waals surface area contributed by atoms with Crippen LogP contribution in [0.25, 0.3) is 0 Å². The molecule has 8 heteroatoms. The molecular weight excluding hydrogens is 461 g/mol. The highest BCUT2D eigenvalue weighted by Gasteiger charge is 2.23. The Morgan fingerprint density at radius 2 is 2.08 bits per heavy atom. The summed E-state index contributed by atoms with van der Waals surface area (Å²) in [4.78, 5) is 12.7. The zero-order valence-electron chi connectivity index (χ0n) is 16.5. The minimum absolute atomic E-state index is 0. The van der Waals surface area contributed by atoms with Crippen molar-refractivity contribution in [2.24, 2.45) is 10.9 Å². The van der Waals surface area contributed by atoms with Crippen LogP contribution < -0.4 is 10.6 Å². The maximum atomic E-state index is 5.48. The predicted octanol–water partition coefficient (Wildman–Crippen LogP) is 2.39. The van der Waals surface area contributed by atoms with Crippen molar-refractivity contribution in [3.05, 3.63) is 16.1 Å². The van der Waals surface area contributed by atoms with Crippen LogP contribution in [0.1, 0.15) is 30.7 Å². The lowest BCUT2D eigenvalue weighted by molar-refractivity contribution is 0.00752. The van der Waals surface area contributed by atoms with Crippen LogP contribution in [-0.4, -0.2) is 68.3 Å². The van der Waals surface area contributed by atoms with Crippen molar-refractivity contribution in [2.75, 3.05) is 46.4 Å². The smallest absolute Gasteiger partial charge is 0.191 e. The summed E-state index contributed by atoms with van der Waals surface area (Å²) < 4.78 is 5.48. The van der Waals surface area contributed by atoms with Crippen LogP contribution in [0.5, 0.6) is 0 Å². The predicted molar refractivity (Wildman–Crippen MR) is 121 cm³/mol. The highest BCUT2D eigenvalue weighted by molar-refractivity contribution is 14.0. The molecule has 1 unspecified atom stereocenters. The number of morpholine rings is 1. The molecule has 0 bridgehead atoms. The van der Waals surface area contributed by atoms with E-state index in [1.54, 1.807) is 11.3 Å². The molecule has 0 aliphatic carbocycles. The van der Waals surface area contributed by atoms with Crippen LogP contribution in [0.3, 0.4) is 0 Å². The summed E-state index contributed by atoms with van der Waals surface area (Å²) in [7, 11) is 1.83. The lowest BCUT2D eigenvalue weighted by atomic mass is 10.0. The first-order valence-electron chi connectivity index (χ1n) is 9.34. The number of ether oxygens (including phenoxy) is 1. The van der Waals surface area contributed by atoms with Gasteiger partial charge in [-0.05, 0) is 12.3 Å². The third-order valence-electron chi connectivity index (χ3n) is 4.57. The van der Waals surface area contributed by atoms with E-state index < -0.39 is 0 Å². The minimum Gasteiger partial charge on any atom is -0.379 e. The topological polar surface area (TPSA) is 61.8 Å². The molecule has 1 saturated heterocycles. The first kappa shape index (κ1) is 23.6. The van der Waals surface area contributed by atoms with E-state index in [4.69, 9.17) is 4.74 Å². The number of rotatable bonds is 8. The second kappa shape index (κ2) is 12.9. The molecule has 0 amide bonds. The lowest BCUT2D eigenvalue weighted by Crippen LogP contribution is -2.52. The fourth-order valence-corrected chi connectivity index (χ4v) is 3.89. The fourth-order valence-electron chi connectivity index (χ4n) is 3.03. The number of halogens is 1. The van der Waals surface area contributed by atoms with Gasteiger partial charge in [0.15, 0.2) is 5.96 Å². The van der Waals surface area contributed by atoms with E-state index in [1.165, 1.54) is 9.88 Å². The molecule has 0 spiro atoms. The van der Waals surface area contributed by atoms with Gasteiger partial charge in [-0.1, -0.05) is 20.8 Å². The molecule has 1 aliphatic heterocycles. The van der Waals surface area contributed by atoms with E-state index in [0.717, 1.165) is 58.2 Å². The highest BCUT2D eigenvalue weighted by Crippen LogP contribution is 2.13. The van der Waals surface area contributed by atoms with Gasteiger partial charge in [-0.15, -0.1) is 35.3 Å². The van der Waals surface area contributed by atoms with Gasteiger partial charge < -0.3 is 15.4 Å². The number of hydrogen-bond acceptors (Lipinski definition) is 5. The molecule has 1 aliphatic rings. The summed E-state index contributed by atoms with van der Waals surface area (Å²) in [6.45, 7) is 12.2. The van der Waals surface area contributed by atoms with Crippen molar-refractivity contribution in [1.82, 2.24) is 20.5 Å². The van der Waals surface area contributed by atoms with Crippen LogP contribution in [0.4, 0.5) is 0 Å². The van der Waals surface area contributed by atoms with Crippen molar-refractivity contribution in [3.63, 3.8) is 0 Å². The number of aromatic nitrogens is 1. The van der Waals surface area contributed by atoms with Crippen molar-refractivity contribution in [3.8, 4) is 0 Å². The average molecular weight is 495 g/mol. The Bertz CT molecular complexity index is 531. The van der Waals surface area contributed by atoms with Crippen LogP contribution in [-0.2, 0) is 17.6 Å². The molecular formula is C18H34IN5OS. The number of nitrogens with zero attached hydrogens (tertiary/aromatic N) is 3. The van der Waals surface area contributed by atoms with Gasteiger partial charge in [0, 0.05) is 56.8 Å². The Morgan fingerprint density at radius 1 is 1.35 bits per heavy atom. The zero-order chi connectivity index (χ0) is 18.1. The molecule has 2 heterocycles. The van der Waals surface area contributed by atoms with E-state index in [0.29, 0.717) is 12.0 Å². The van der Waals surface area contributed by atoms with Gasteiger partial charge >= 0.3 is 0 Å². The third kappa shape index (κ3) is 7.66. The Balaban J connectivity index is 0.00000338. The molecule has 0 aromatic carbocycles. The quantitative estimate of drug-likeness (QED) is 0.330. The van der Waals surface area contributed by atoms with E-state index in [9.17, 15) is 0 Å². The van der Waals surface area contributed by atoms with Crippen molar-refractivity contribution in [2.45, 2.75) is 39.7 Å². The molecule has 1 aromatic heterocycles. The second-order valence-corrected chi connectivity index (χ2v) is 7.86. The van der Waals surface area contributed by atoms with Gasteiger partial charge in [-0.2, -0.15) is 0 Å². The maximum absolute atomic E-state index is 5.48. The molecule has 150 valence electrons. The van der Waals surface area contributed by atoms with Crippen molar-refractivity contribution < 1.29 is 4.74 Å². The molecule has 1 atom stereocenters. The van der Waals surface area contributed by atoms with E-state index in [2.05, 4.69) is 46.3 Å². The monoisotopic (exact) mass is 495 g/mol. The average Bonchev–Trinajstić information content (AvgIpc) is 3.09. The SMILES string of the molecule is CCc1cnc(CCNC(=NC)NCC(C(C)C)N2CCOCC2)s1.I. The largest absolute Gasteiger partial charge is 0.379 e. The van der Waals surface area contributed by atoms with E-state index in [1.807, 2.05) is 13.2 Å². The second-order valence-electron chi connectivity index (χ2n) is 6.66. The molecule has 1 aromatic rings. The summed E-state index contributed by atoms with van der Waals surface area (Å²) in [5.41, 5.74) is 0. The molecule has 2 rings (SSSR count). The van der Waals surface area contributed by atoms with Crippen LogP contribution in [0, 0.1) is 5.92 Å². The van der Waals surface area contributed by atoms with Crippen LogP contribution >= 0.6 is 35.3 Å². The number of aryl methyl sites for hydroxylation is 1. The summed E-state index contributed by atoms with van der Waals surface area (Å²) in [5, 5.41) is 8.08. The molecule has 26 heavy (non-hydrogen) atoms. The Hall–Kier alpha value is -0.450. The summed E-state index contributed by atoms with van der Waals surface area (Å²) in [5.74, 6) is 1.46. The number of guanidine groups is 1. The zero-order valence-corrected chi connectivity index (χ0v) is 19.6. The first-order valence-corrected chi connectivity index (χ1v) is 10.2. The highest BCUT2D eigenvalue weighted by atomic mass is 127. The summed E-state index contributed by atoms with van der Waals surface area (Å²) in [6, 6.07) is 0.494. The summed E-state index contributed by atoms with van der Waals surface area (Å²) in [6.07, 6.45) is 3.98. The van der Waals surface area contributed by atoms with Gasteiger partial charge in [-0.25, -0.2) is 4.98 Å². The molecule has 0 saturated carbocycles.